The fraction of sp³-hybridized carbons (Fsp3) is 0.500. The van der Waals surface area contributed by atoms with Gasteiger partial charge in [-0.2, -0.15) is 13.2 Å². The molecule has 2 aliphatic heterocycles. The zero-order valence-electron chi connectivity index (χ0n) is 20.2. The molecule has 8 nitrogen and oxygen atoms in total. The minimum atomic E-state index is -4.55. The highest BCUT2D eigenvalue weighted by Gasteiger charge is 2.41. The molecule has 2 saturated heterocycles. The number of aliphatic hydroxyl groups is 2. The van der Waals surface area contributed by atoms with Gasteiger partial charge in [0.25, 0.3) is 0 Å². The molecule has 5 rings (SSSR count). The van der Waals surface area contributed by atoms with Crippen LogP contribution in [0, 0.1) is 6.57 Å². The van der Waals surface area contributed by atoms with E-state index in [0.29, 0.717) is 18.2 Å². The van der Waals surface area contributed by atoms with Crippen molar-refractivity contribution in [2.75, 3.05) is 37.6 Å². The average Bonchev–Trinajstić information content (AvgIpc) is 3.32. The Kier molecular flexibility index (Phi) is 6.83. The Labute approximate surface area is 212 Å². The second-order valence-corrected chi connectivity index (χ2v) is 10.0. The van der Waals surface area contributed by atoms with Crippen LogP contribution in [0.1, 0.15) is 42.9 Å². The Hall–Kier alpha value is -3.20. The molecule has 0 aliphatic carbocycles. The number of anilines is 1. The minimum Gasteiger partial charge on any atom is -0.389 e. The number of aromatic amines is 1. The number of benzene rings is 1. The molecule has 4 heterocycles. The van der Waals surface area contributed by atoms with Gasteiger partial charge in [0.15, 0.2) is 5.69 Å². The SMILES string of the molecule is [C-]#[N+]c1ccc2[nH]cc(C3CCN(CC(O)C4(O)CCN(c5nccc(C(F)(F)F)n5)CC4)CC3)c2c1. The predicted molar refractivity (Wildman–Crippen MR) is 132 cm³/mol. The quantitative estimate of drug-likeness (QED) is 0.444. The number of hydrogen-bond donors (Lipinski definition) is 3. The van der Waals surface area contributed by atoms with E-state index in [1.54, 1.807) is 4.90 Å². The summed E-state index contributed by atoms with van der Waals surface area (Å²) in [6, 6.07) is 6.50. The van der Waals surface area contributed by atoms with E-state index < -0.39 is 23.6 Å². The molecule has 196 valence electrons. The molecule has 2 aromatic heterocycles. The molecule has 0 radical (unpaired) electrons. The summed E-state index contributed by atoms with van der Waals surface area (Å²) >= 11 is 0. The van der Waals surface area contributed by atoms with E-state index in [9.17, 15) is 23.4 Å². The number of H-pyrrole nitrogens is 1. The Morgan fingerprint density at radius 1 is 1.16 bits per heavy atom. The van der Waals surface area contributed by atoms with Crippen molar-refractivity contribution in [2.24, 2.45) is 0 Å². The van der Waals surface area contributed by atoms with Crippen molar-refractivity contribution in [3.05, 3.63) is 59.3 Å². The number of aromatic nitrogens is 3. The molecule has 3 aromatic rings. The highest BCUT2D eigenvalue weighted by Crippen LogP contribution is 2.36. The molecule has 11 heteroatoms. The number of hydrogen-bond acceptors (Lipinski definition) is 6. The Morgan fingerprint density at radius 3 is 2.57 bits per heavy atom. The lowest BCUT2D eigenvalue weighted by molar-refractivity contribution is -0.141. The van der Waals surface area contributed by atoms with Crippen molar-refractivity contribution >= 4 is 22.5 Å². The summed E-state index contributed by atoms with van der Waals surface area (Å²) in [6.07, 6.45) is -0.175. The van der Waals surface area contributed by atoms with Gasteiger partial charge in [-0.15, -0.1) is 0 Å². The second kappa shape index (κ2) is 9.93. The Balaban J connectivity index is 1.15. The summed E-state index contributed by atoms with van der Waals surface area (Å²) in [6.45, 7) is 9.67. The molecule has 1 unspecified atom stereocenters. The first-order chi connectivity index (χ1) is 17.7. The van der Waals surface area contributed by atoms with Gasteiger partial charge in [-0.1, -0.05) is 6.07 Å². The molecule has 2 fully saturated rings. The fourth-order valence-electron chi connectivity index (χ4n) is 5.46. The third-order valence-corrected chi connectivity index (χ3v) is 7.75. The summed E-state index contributed by atoms with van der Waals surface area (Å²) in [7, 11) is 0. The first-order valence-corrected chi connectivity index (χ1v) is 12.4. The molecule has 0 saturated carbocycles. The van der Waals surface area contributed by atoms with Crippen LogP contribution in [-0.2, 0) is 6.18 Å². The maximum atomic E-state index is 13.0. The van der Waals surface area contributed by atoms with Crippen LogP contribution in [0.2, 0.25) is 0 Å². The van der Waals surface area contributed by atoms with Crippen molar-refractivity contribution in [3.8, 4) is 0 Å². The normalized spacial score (nSPS) is 20.2. The van der Waals surface area contributed by atoms with E-state index in [4.69, 9.17) is 6.57 Å². The van der Waals surface area contributed by atoms with Crippen molar-refractivity contribution < 1.29 is 23.4 Å². The number of aliphatic hydroxyl groups excluding tert-OH is 1. The highest BCUT2D eigenvalue weighted by molar-refractivity contribution is 5.87. The van der Waals surface area contributed by atoms with E-state index in [1.807, 2.05) is 24.4 Å². The number of fused-ring (bicyclic) bond motifs is 1. The summed E-state index contributed by atoms with van der Waals surface area (Å²) < 4.78 is 39.0. The Bertz CT molecular complexity index is 1290. The molecular weight excluding hydrogens is 485 g/mol. The third-order valence-electron chi connectivity index (χ3n) is 7.75. The van der Waals surface area contributed by atoms with Gasteiger partial charge >= 0.3 is 6.18 Å². The van der Waals surface area contributed by atoms with Crippen LogP contribution in [0.3, 0.4) is 0 Å². The van der Waals surface area contributed by atoms with Crippen LogP contribution in [0.15, 0.2) is 36.7 Å². The van der Waals surface area contributed by atoms with Crippen molar-refractivity contribution in [1.82, 2.24) is 19.9 Å². The van der Waals surface area contributed by atoms with E-state index in [1.165, 1.54) is 5.56 Å². The lowest BCUT2D eigenvalue weighted by Crippen LogP contribution is -2.55. The number of β-amino-alcohol motifs (C(OH)–C–C–N with tert-alkyl or cyclic N) is 1. The largest absolute Gasteiger partial charge is 0.433 e. The van der Waals surface area contributed by atoms with Crippen LogP contribution < -0.4 is 4.90 Å². The van der Waals surface area contributed by atoms with Crippen LogP contribution in [0.4, 0.5) is 24.8 Å². The zero-order valence-corrected chi connectivity index (χ0v) is 20.2. The molecule has 37 heavy (non-hydrogen) atoms. The van der Waals surface area contributed by atoms with Crippen LogP contribution in [-0.4, -0.2) is 74.5 Å². The van der Waals surface area contributed by atoms with Crippen molar-refractivity contribution in [1.29, 1.82) is 0 Å². The van der Waals surface area contributed by atoms with E-state index in [-0.39, 0.29) is 31.9 Å². The number of rotatable bonds is 5. The van der Waals surface area contributed by atoms with Crippen LogP contribution >= 0.6 is 0 Å². The predicted octanol–water partition coefficient (Wildman–Crippen LogP) is 4.10. The molecular formula is C26H29F3N6O2. The Morgan fingerprint density at radius 2 is 1.89 bits per heavy atom. The van der Waals surface area contributed by atoms with Crippen LogP contribution in [0.25, 0.3) is 15.7 Å². The number of alkyl halides is 3. The number of piperidine rings is 2. The summed E-state index contributed by atoms with van der Waals surface area (Å²) in [4.78, 5) is 18.2. The van der Waals surface area contributed by atoms with Gasteiger partial charge in [0.05, 0.1) is 18.3 Å². The highest BCUT2D eigenvalue weighted by atomic mass is 19.4. The monoisotopic (exact) mass is 514 g/mol. The standard InChI is InChI=1S/C26H29F3N6O2/c1-30-18-2-3-21-19(14-18)20(15-32-21)17-5-10-34(11-6-17)16-23(36)25(37)7-12-35(13-8-25)24-31-9-4-22(33-24)26(27,28)29/h2-4,9,14-15,17,23,32,36-37H,5-8,10-13,16H2. The van der Waals surface area contributed by atoms with Gasteiger partial charge in [-0.3, -0.25) is 0 Å². The van der Waals surface area contributed by atoms with Gasteiger partial charge in [0, 0.05) is 37.5 Å². The van der Waals surface area contributed by atoms with Gasteiger partial charge < -0.3 is 25.0 Å². The lowest BCUT2D eigenvalue weighted by Gasteiger charge is -2.43. The first kappa shape index (κ1) is 25.4. The van der Waals surface area contributed by atoms with Crippen molar-refractivity contribution in [2.45, 2.75) is 49.5 Å². The molecule has 0 amide bonds. The third kappa shape index (κ3) is 5.28. The molecule has 1 atom stereocenters. The van der Waals surface area contributed by atoms with E-state index in [2.05, 4.69) is 24.7 Å². The molecule has 3 N–H and O–H groups in total. The average molecular weight is 515 g/mol. The first-order valence-electron chi connectivity index (χ1n) is 12.4. The van der Waals surface area contributed by atoms with Gasteiger partial charge in [0.2, 0.25) is 5.95 Å². The molecule has 0 bridgehead atoms. The minimum absolute atomic E-state index is 0.0192. The summed E-state index contributed by atoms with van der Waals surface area (Å²) in [5.41, 5.74) is 0.532. The molecule has 0 spiro atoms. The van der Waals surface area contributed by atoms with E-state index >= 15 is 0 Å². The van der Waals surface area contributed by atoms with Crippen LogP contribution in [0.5, 0.6) is 0 Å². The zero-order chi connectivity index (χ0) is 26.2. The van der Waals surface area contributed by atoms with Gasteiger partial charge in [-0.25, -0.2) is 14.8 Å². The van der Waals surface area contributed by atoms with Crippen molar-refractivity contribution in [3.63, 3.8) is 0 Å². The summed E-state index contributed by atoms with van der Waals surface area (Å²) in [5.74, 6) is 0.330. The maximum absolute atomic E-state index is 13.0. The number of halogens is 3. The lowest BCUT2D eigenvalue weighted by atomic mass is 9.84. The van der Waals surface area contributed by atoms with Gasteiger partial charge in [0.1, 0.15) is 5.69 Å². The fourth-order valence-corrected chi connectivity index (χ4v) is 5.46. The maximum Gasteiger partial charge on any atom is 0.433 e. The number of likely N-dealkylation sites (tertiary alicyclic amines) is 1. The number of nitrogens with zero attached hydrogens (tertiary/aromatic N) is 5. The second-order valence-electron chi connectivity index (χ2n) is 10.0. The van der Waals surface area contributed by atoms with Gasteiger partial charge in [-0.05, 0) is 73.8 Å². The molecule has 2 aliphatic rings. The number of nitrogens with one attached hydrogen (secondary N) is 1. The summed E-state index contributed by atoms with van der Waals surface area (Å²) in [5, 5.41) is 23.1. The van der Waals surface area contributed by atoms with E-state index in [0.717, 1.165) is 49.1 Å². The topological polar surface area (TPSA) is 92.9 Å². The molecule has 1 aromatic carbocycles. The smallest absolute Gasteiger partial charge is 0.389 e.